The van der Waals surface area contributed by atoms with Crippen molar-refractivity contribution in [1.82, 2.24) is 20.0 Å². The Morgan fingerprint density at radius 3 is 2.72 bits per heavy atom. The van der Waals surface area contributed by atoms with Gasteiger partial charge < -0.3 is 10.2 Å². The molecule has 2 fully saturated rings. The second-order valence-electron chi connectivity index (χ2n) is 5.41. The van der Waals surface area contributed by atoms with Crippen LogP contribution in [0.5, 0.6) is 0 Å². The Bertz CT molecular complexity index is 456. The van der Waals surface area contributed by atoms with Crippen LogP contribution in [0, 0.1) is 11.8 Å². The number of likely N-dealkylation sites (tertiary alicyclic amines) is 1. The summed E-state index contributed by atoms with van der Waals surface area (Å²) in [4.78, 5) is 14.5. The van der Waals surface area contributed by atoms with Crippen molar-refractivity contribution in [3.05, 3.63) is 17.5 Å². The molecule has 0 aliphatic carbocycles. The van der Waals surface area contributed by atoms with Crippen LogP contribution in [0.4, 0.5) is 0 Å². The highest BCUT2D eigenvalue weighted by Gasteiger charge is 2.38. The number of aryl methyl sites for hydroxylation is 2. The molecule has 18 heavy (non-hydrogen) atoms. The third-order valence-electron chi connectivity index (χ3n) is 4.15. The molecule has 0 bridgehead atoms. The number of amides is 1. The Kier molecular flexibility index (Phi) is 2.86. The van der Waals surface area contributed by atoms with Crippen LogP contribution >= 0.6 is 0 Å². The van der Waals surface area contributed by atoms with E-state index < -0.39 is 0 Å². The van der Waals surface area contributed by atoms with Crippen LogP contribution in [0.3, 0.4) is 0 Å². The monoisotopic (exact) mass is 248 g/mol. The van der Waals surface area contributed by atoms with Gasteiger partial charge >= 0.3 is 0 Å². The summed E-state index contributed by atoms with van der Waals surface area (Å²) in [5.41, 5.74) is 1.70. The van der Waals surface area contributed by atoms with Crippen molar-refractivity contribution in [2.45, 2.75) is 13.3 Å². The van der Waals surface area contributed by atoms with Gasteiger partial charge in [0.05, 0.1) is 11.3 Å². The van der Waals surface area contributed by atoms with E-state index in [1.54, 1.807) is 4.68 Å². The van der Waals surface area contributed by atoms with Crippen molar-refractivity contribution < 1.29 is 4.79 Å². The molecule has 5 nitrogen and oxygen atoms in total. The lowest BCUT2D eigenvalue weighted by atomic mass is 10.0. The van der Waals surface area contributed by atoms with Crippen LogP contribution in [-0.4, -0.2) is 46.8 Å². The second kappa shape index (κ2) is 4.39. The van der Waals surface area contributed by atoms with Gasteiger partial charge in [-0.1, -0.05) is 6.92 Å². The molecule has 0 aromatic carbocycles. The van der Waals surface area contributed by atoms with E-state index in [-0.39, 0.29) is 5.91 Å². The zero-order valence-electron chi connectivity index (χ0n) is 11.0. The summed E-state index contributed by atoms with van der Waals surface area (Å²) in [6.07, 6.45) is 2.66. The molecule has 1 aromatic rings. The number of aromatic nitrogens is 2. The van der Waals surface area contributed by atoms with E-state index in [1.165, 1.54) is 0 Å². The van der Waals surface area contributed by atoms with E-state index in [1.807, 2.05) is 25.1 Å². The molecule has 98 valence electrons. The number of rotatable bonds is 2. The molecule has 2 aliphatic rings. The lowest BCUT2D eigenvalue weighted by molar-refractivity contribution is 0.0780. The zero-order chi connectivity index (χ0) is 12.7. The maximum Gasteiger partial charge on any atom is 0.257 e. The van der Waals surface area contributed by atoms with Crippen molar-refractivity contribution in [2.75, 3.05) is 26.2 Å². The average molecular weight is 248 g/mol. The van der Waals surface area contributed by atoms with Gasteiger partial charge in [-0.3, -0.25) is 9.48 Å². The number of fused-ring (bicyclic) bond motifs is 1. The molecule has 1 N–H and O–H groups in total. The molecule has 2 saturated heterocycles. The third kappa shape index (κ3) is 1.82. The molecule has 2 atom stereocenters. The van der Waals surface area contributed by atoms with Crippen LogP contribution in [0.1, 0.15) is 23.0 Å². The van der Waals surface area contributed by atoms with Crippen molar-refractivity contribution >= 4 is 5.91 Å². The standard InChI is InChI=1S/C13H20N4O/c1-3-12-11(8-16(2)15-12)13(18)17-6-9-4-14-5-10(9)7-17/h8-10,14H,3-7H2,1-2H3/t9-,10+. The quantitative estimate of drug-likeness (QED) is 0.817. The number of nitrogens with zero attached hydrogens (tertiary/aromatic N) is 3. The molecule has 5 heteroatoms. The van der Waals surface area contributed by atoms with Crippen LogP contribution in [0.15, 0.2) is 6.20 Å². The number of hydrogen-bond donors (Lipinski definition) is 1. The summed E-state index contributed by atoms with van der Waals surface area (Å²) >= 11 is 0. The minimum Gasteiger partial charge on any atom is -0.338 e. The van der Waals surface area contributed by atoms with E-state index >= 15 is 0 Å². The molecule has 0 radical (unpaired) electrons. The summed E-state index contributed by atoms with van der Waals surface area (Å²) in [6, 6.07) is 0. The van der Waals surface area contributed by atoms with Gasteiger partial charge in [-0.15, -0.1) is 0 Å². The Hall–Kier alpha value is -1.36. The van der Waals surface area contributed by atoms with Crippen LogP contribution in [-0.2, 0) is 13.5 Å². The third-order valence-corrected chi connectivity index (χ3v) is 4.15. The Morgan fingerprint density at radius 1 is 1.44 bits per heavy atom. The van der Waals surface area contributed by atoms with Gasteiger partial charge in [0.2, 0.25) is 0 Å². The minimum atomic E-state index is 0.161. The normalized spacial score (nSPS) is 26.7. The van der Waals surface area contributed by atoms with Gasteiger partial charge in [0.25, 0.3) is 5.91 Å². The summed E-state index contributed by atoms with van der Waals surface area (Å²) < 4.78 is 1.74. The fraction of sp³-hybridized carbons (Fsp3) is 0.692. The molecular weight excluding hydrogens is 228 g/mol. The highest BCUT2D eigenvalue weighted by molar-refractivity contribution is 5.95. The topological polar surface area (TPSA) is 50.2 Å². The van der Waals surface area contributed by atoms with E-state index in [9.17, 15) is 4.79 Å². The molecular formula is C13H20N4O. The average Bonchev–Trinajstić information content (AvgIpc) is 3.00. The van der Waals surface area contributed by atoms with Crippen molar-refractivity contribution in [2.24, 2.45) is 18.9 Å². The van der Waals surface area contributed by atoms with Gasteiger partial charge in [-0.2, -0.15) is 5.10 Å². The molecule has 1 aromatic heterocycles. The van der Waals surface area contributed by atoms with E-state index in [0.717, 1.165) is 43.9 Å². The molecule has 2 aliphatic heterocycles. The maximum atomic E-state index is 12.5. The summed E-state index contributed by atoms with van der Waals surface area (Å²) in [6.45, 7) is 5.95. The Labute approximate surface area is 107 Å². The zero-order valence-corrected chi connectivity index (χ0v) is 11.0. The highest BCUT2D eigenvalue weighted by atomic mass is 16.2. The lowest BCUT2D eigenvalue weighted by Gasteiger charge is -2.17. The Morgan fingerprint density at radius 2 is 2.11 bits per heavy atom. The van der Waals surface area contributed by atoms with Crippen LogP contribution in [0.2, 0.25) is 0 Å². The van der Waals surface area contributed by atoms with Gasteiger partial charge in [0, 0.05) is 39.4 Å². The molecule has 0 spiro atoms. The number of carbonyl (C=O) groups excluding carboxylic acids is 1. The minimum absolute atomic E-state index is 0.161. The van der Waals surface area contributed by atoms with Crippen LogP contribution in [0.25, 0.3) is 0 Å². The van der Waals surface area contributed by atoms with E-state index in [4.69, 9.17) is 0 Å². The molecule has 0 unspecified atom stereocenters. The van der Waals surface area contributed by atoms with Gasteiger partial charge in [0.15, 0.2) is 0 Å². The smallest absolute Gasteiger partial charge is 0.257 e. The van der Waals surface area contributed by atoms with Gasteiger partial charge in [-0.05, 0) is 18.3 Å². The number of nitrogens with one attached hydrogen (secondary N) is 1. The molecule has 3 rings (SSSR count). The highest BCUT2D eigenvalue weighted by Crippen LogP contribution is 2.27. The fourth-order valence-corrected chi connectivity index (χ4v) is 3.17. The molecule has 1 amide bonds. The predicted octanol–water partition coefficient (Wildman–Crippen LogP) is 0.274. The van der Waals surface area contributed by atoms with Crippen molar-refractivity contribution in [3.8, 4) is 0 Å². The first-order valence-corrected chi connectivity index (χ1v) is 6.71. The summed E-state index contributed by atoms with van der Waals surface area (Å²) in [7, 11) is 1.87. The first-order chi connectivity index (χ1) is 8.69. The second-order valence-corrected chi connectivity index (χ2v) is 5.41. The maximum absolute atomic E-state index is 12.5. The lowest BCUT2D eigenvalue weighted by Crippen LogP contribution is -2.32. The Balaban J connectivity index is 1.78. The first-order valence-electron chi connectivity index (χ1n) is 6.71. The van der Waals surface area contributed by atoms with Gasteiger partial charge in [-0.25, -0.2) is 0 Å². The van der Waals surface area contributed by atoms with Crippen molar-refractivity contribution in [1.29, 1.82) is 0 Å². The summed E-state index contributed by atoms with van der Waals surface area (Å²) in [5, 5.41) is 7.75. The SMILES string of the molecule is CCc1nn(C)cc1C(=O)N1C[C@H]2CNC[C@H]2C1. The van der Waals surface area contributed by atoms with Gasteiger partial charge in [0.1, 0.15) is 0 Å². The largest absolute Gasteiger partial charge is 0.338 e. The molecule has 0 saturated carbocycles. The number of hydrogen-bond acceptors (Lipinski definition) is 3. The van der Waals surface area contributed by atoms with Crippen molar-refractivity contribution in [3.63, 3.8) is 0 Å². The predicted molar refractivity (Wildman–Crippen MR) is 68.3 cm³/mol. The number of carbonyl (C=O) groups is 1. The van der Waals surface area contributed by atoms with E-state index in [2.05, 4.69) is 10.4 Å². The fourth-order valence-electron chi connectivity index (χ4n) is 3.17. The molecule has 3 heterocycles. The summed E-state index contributed by atoms with van der Waals surface area (Å²) in [5.74, 6) is 1.46. The first kappa shape index (κ1) is 11.7. The van der Waals surface area contributed by atoms with E-state index in [0.29, 0.717) is 11.8 Å². The van der Waals surface area contributed by atoms with Crippen LogP contribution < -0.4 is 5.32 Å².